The van der Waals surface area contributed by atoms with Crippen molar-refractivity contribution in [1.29, 1.82) is 0 Å². The van der Waals surface area contributed by atoms with Gasteiger partial charge in [0, 0.05) is 18.5 Å². The molecular weight excluding hydrogens is 261 g/mol. The second-order valence-electron chi connectivity index (χ2n) is 4.65. The number of carbonyl (C=O) groups is 1. The Morgan fingerprint density at radius 2 is 2.05 bits per heavy atom. The van der Waals surface area contributed by atoms with Crippen molar-refractivity contribution in [3.63, 3.8) is 0 Å². The van der Waals surface area contributed by atoms with Crippen LogP contribution in [0.3, 0.4) is 0 Å². The molecule has 2 heterocycles. The van der Waals surface area contributed by atoms with Crippen molar-refractivity contribution in [3.05, 3.63) is 35.6 Å². The van der Waals surface area contributed by atoms with E-state index in [1.165, 1.54) is 12.1 Å². The summed E-state index contributed by atoms with van der Waals surface area (Å²) in [5, 5.41) is 0.439. The van der Waals surface area contributed by atoms with E-state index in [4.69, 9.17) is 10.5 Å². The lowest BCUT2D eigenvalue weighted by molar-refractivity contribution is 0.100. The van der Waals surface area contributed by atoms with Gasteiger partial charge in [0.05, 0.1) is 24.3 Å². The zero-order chi connectivity index (χ0) is 14.1. The number of pyridine rings is 1. The highest BCUT2D eigenvalue weighted by Gasteiger charge is 2.17. The van der Waals surface area contributed by atoms with E-state index in [-0.39, 0.29) is 5.56 Å². The Hall–Kier alpha value is -2.21. The number of anilines is 1. The van der Waals surface area contributed by atoms with E-state index in [2.05, 4.69) is 4.98 Å². The summed E-state index contributed by atoms with van der Waals surface area (Å²) in [6.45, 7) is 2.65. The van der Waals surface area contributed by atoms with Crippen LogP contribution in [0.5, 0.6) is 0 Å². The normalized spacial score (nSPS) is 15.6. The number of primary amides is 1. The van der Waals surface area contributed by atoms with Gasteiger partial charge in [0.15, 0.2) is 0 Å². The van der Waals surface area contributed by atoms with Gasteiger partial charge in [-0.1, -0.05) is 0 Å². The maximum atomic E-state index is 13.3. The monoisotopic (exact) mass is 275 g/mol. The molecule has 1 aromatic heterocycles. The molecule has 1 saturated heterocycles. The van der Waals surface area contributed by atoms with E-state index in [0.717, 1.165) is 0 Å². The summed E-state index contributed by atoms with van der Waals surface area (Å²) in [6, 6.07) is 5.78. The fourth-order valence-corrected chi connectivity index (χ4v) is 2.34. The van der Waals surface area contributed by atoms with Gasteiger partial charge in [0.25, 0.3) is 0 Å². The molecular formula is C14H14FN3O2. The largest absolute Gasteiger partial charge is 0.378 e. The van der Waals surface area contributed by atoms with Gasteiger partial charge < -0.3 is 15.4 Å². The highest BCUT2D eigenvalue weighted by Crippen LogP contribution is 2.24. The van der Waals surface area contributed by atoms with Gasteiger partial charge in [0.2, 0.25) is 5.91 Å². The maximum absolute atomic E-state index is 13.3. The average molecular weight is 275 g/mol. The number of nitrogens with two attached hydrogens (primary N) is 1. The van der Waals surface area contributed by atoms with Gasteiger partial charge in [-0.15, -0.1) is 0 Å². The first-order valence-electron chi connectivity index (χ1n) is 6.38. The zero-order valence-electron chi connectivity index (χ0n) is 10.8. The van der Waals surface area contributed by atoms with Crippen LogP contribution >= 0.6 is 0 Å². The van der Waals surface area contributed by atoms with E-state index in [1.807, 2.05) is 4.90 Å². The summed E-state index contributed by atoms with van der Waals surface area (Å²) in [6.07, 6.45) is 0. The van der Waals surface area contributed by atoms with E-state index < -0.39 is 11.7 Å². The third kappa shape index (κ3) is 2.30. The molecule has 1 amide bonds. The number of amides is 1. The van der Waals surface area contributed by atoms with Gasteiger partial charge in [0.1, 0.15) is 11.6 Å². The first-order chi connectivity index (χ1) is 9.65. The second-order valence-corrected chi connectivity index (χ2v) is 4.65. The molecule has 0 aliphatic carbocycles. The first kappa shape index (κ1) is 12.8. The number of benzene rings is 1. The third-order valence-electron chi connectivity index (χ3n) is 3.36. The highest BCUT2D eigenvalue weighted by atomic mass is 19.1. The molecule has 0 saturated carbocycles. The summed E-state index contributed by atoms with van der Waals surface area (Å²) in [5.74, 6) is -0.334. The number of fused-ring (bicyclic) bond motifs is 1. The molecule has 5 nitrogen and oxygen atoms in total. The number of halogens is 1. The minimum absolute atomic E-state index is 0.288. The van der Waals surface area contributed by atoms with Gasteiger partial charge in [-0.05, 0) is 24.3 Å². The van der Waals surface area contributed by atoms with Crippen molar-refractivity contribution in [2.24, 2.45) is 5.73 Å². The molecule has 0 bridgehead atoms. The van der Waals surface area contributed by atoms with Crippen LogP contribution in [-0.4, -0.2) is 37.2 Å². The Bertz CT molecular complexity index is 669. The Balaban J connectivity index is 2.15. The molecule has 2 N–H and O–H groups in total. The number of ether oxygens (including phenoxy) is 1. The van der Waals surface area contributed by atoms with Crippen molar-refractivity contribution >= 4 is 22.6 Å². The van der Waals surface area contributed by atoms with Crippen LogP contribution < -0.4 is 10.6 Å². The number of nitrogens with zero attached hydrogens (tertiary/aromatic N) is 2. The predicted octanol–water partition coefficient (Wildman–Crippen LogP) is 1.31. The summed E-state index contributed by atoms with van der Waals surface area (Å²) < 4.78 is 18.6. The molecule has 0 spiro atoms. The molecule has 1 fully saturated rings. The van der Waals surface area contributed by atoms with Gasteiger partial charge in [-0.25, -0.2) is 9.37 Å². The number of carbonyl (C=O) groups excluding carboxylic acids is 1. The summed E-state index contributed by atoms with van der Waals surface area (Å²) >= 11 is 0. The lowest BCUT2D eigenvalue weighted by Gasteiger charge is -2.28. The molecule has 1 aliphatic rings. The minimum atomic E-state index is -0.586. The molecule has 2 aromatic rings. The van der Waals surface area contributed by atoms with Crippen LogP contribution in [0.15, 0.2) is 24.3 Å². The lowest BCUT2D eigenvalue weighted by Crippen LogP contribution is -2.37. The number of morpholine rings is 1. The van der Waals surface area contributed by atoms with Crippen LogP contribution in [-0.2, 0) is 4.74 Å². The summed E-state index contributed by atoms with van der Waals surface area (Å²) in [4.78, 5) is 18.1. The van der Waals surface area contributed by atoms with Gasteiger partial charge in [-0.3, -0.25) is 4.79 Å². The quantitative estimate of drug-likeness (QED) is 0.897. The fourth-order valence-electron chi connectivity index (χ4n) is 2.34. The Labute approximate surface area is 115 Å². The molecule has 0 radical (unpaired) electrons. The van der Waals surface area contributed by atoms with Crippen LogP contribution in [0, 0.1) is 5.82 Å². The zero-order valence-corrected chi connectivity index (χ0v) is 10.8. The third-order valence-corrected chi connectivity index (χ3v) is 3.36. The van der Waals surface area contributed by atoms with Gasteiger partial charge >= 0.3 is 0 Å². The SMILES string of the molecule is NC(=O)c1cc(N2CCOCC2)nc2ccc(F)cc12. The van der Waals surface area contributed by atoms with Crippen LogP contribution in [0.4, 0.5) is 10.2 Å². The first-order valence-corrected chi connectivity index (χ1v) is 6.38. The molecule has 104 valence electrons. The topological polar surface area (TPSA) is 68.5 Å². The van der Waals surface area contributed by atoms with E-state index in [1.54, 1.807) is 12.1 Å². The standard InChI is InChI=1S/C14H14FN3O2/c15-9-1-2-12-10(7-9)11(14(16)19)8-13(17-12)18-3-5-20-6-4-18/h1-2,7-8H,3-6H2,(H2,16,19). The van der Waals surface area contributed by atoms with Crippen molar-refractivity contribution < 1.29 is 13.9 Å². The molecule has 1 aliphatic heterocycles. The lowest BCUT2D eigenvalue weighted by atomic mass is 10.1. The molecule has 0 unspecified atom stereocenters. The molecule has 3 rings (SSSR count). The van der Waals surface area contributed by atoms with E-state index in [9.17, 15) is 9.18 Å². The van der Waals surface area contributed by atoms with E-state index >= 15 is 0 Å². The number of aromatic nitrogens is 1. The van der Waals surface area contributed by atoms with Crippen LogP contribution in [0.25, 0.3) is 10.9 Å². The maximum Gasteiger partial charge on any atom is 0.249 e. The molecule has 0 atom stereocenters. The smallest absolute Gasteiger partial charge is 0.249 e. The van der Waals surface area contributed by atoms with Gasteiger partial charge in [-0.2, -0.15) is 0 Å². The molecule has 20 heavy (non-hydrogen) atoms. The Morgan fingerprint density at radius 3 is 2.75 bits per heavy atom. The number of rotatable bonds is 2. The van der Waals surface area contributed by atoms with Crippen molar-refractivity contribution in [2.45, 2.75) is 0 Å². The molecule has 6 heteroatoms. The summed E-state index contributed by atoms with van der Waals surface area (Å²) in [5.41, 5.74) is 6.24. The fraction of sp³-hybridized carbons (Fsp3) is 0.286. The summed E-state index contributed by atoms with van der Waals surface area (Å²) in [7, 11) is 0. The number of hydrogen-bond donors (Lipinski definition) is 1. The van der Waals surface area contributed by atoms with Crippen molar-refractivity contribution in [1.82, 2.24) is 4.98 Å². The Morgan fingerprint density at radius 1 is 1.30 bits per heavy atom. The minimum Gasteiger partial charge on any atom is -0.378 e. The number of hydrogen-bond acceptors (Lipinski definition) is 4. The predicted molar refractivity (Wildman–Crippen MR) is 73.3 cm³/mol. The van der Waals surface area contributed by atoms with E-state index in [0.29, 0.717) is 43.0 Å². The van der Waals surface area contributed by atoms with Crippen molar-refractivity contribution in [3.8, 4) is 0 Å². The highest BCUT2D eigenvalue weighted by molar-refractivity contribution is 6.06. The Kier molecular flexibility index (Phi) is 3.23. The van der Waals surface area contributed by atoms with Crippen molar-refractivity contribution in [2.75, 3.05) is 31.2 Å². The molecule has 1 aromatic carbocycles. The second kappa shape index (κ2) is 5.05. The van der Waals surface area contributed by atoms with Crippen LogP contribution in [0.1, 0.15) is 10.4 Å². The average Bonchev–Trinajstić information content (AvgIpc) is 2.47. The van der Waals surface area contributed by atoms with Crippen LogP contribution in [0.2, 0.25) is 0 Å².